The molecule has 0 aliphatic carbocycles. The highest BCUT2D eigenvalue weighted by atomic mass is 35.5. The van der Waals surface area contributed by atoms with Crippen LogP contribution < -0.4 is 0 Å². The van der Waals surface area contributed by atoms with Crippen molar-refractivity contribution in [1.82, 2.24) is 4.90 Å². The molecule has 5 heteroatoms. The van der Waals surface area contributed by atoms with E-state index >= 15 is 0 Å². The summed E-state index contributed by atoms with van der Waals surface area (Å²) in [6.45, 7) is 1.29. The van der Waals surface area contributed by atoms with Crippen molar-refractivity contribution in [3.63, 3.8) is 0 Å². The number of carbonyl (C=O) groups is 1. The van der Waals surface area contributed by atoms with Gasteiger partial charge in [0.05, 0.1) is 10.6 Å². The van der Waals surface area contributed by atoms with E-state index in [1.807, 2.05) is 0 Å². The monoisotopic (exact) mass is 245 g/mol. The minimum Gasteiger partial charge on any atom is -0.339 e. The largest absolute Gasteiger partial charge is 0.339 e. The first kappa shape index (κ1) is 11.3. The lowest BCUT2D eigenvalue weighted by Gasteiger charge is -2.16. The van der Waals surface area contributed by atoms with Crippen LogP contribution in [0, 0.1) is 11.6 Å². The Morgan fingerprint density at radius 3 is 2.38 bits per heavy atom. The number of benzene rings is 1. The maximum Gasteiger partial charge on any atom is 0.255 e. The number of amides is 1. The Bertz CT molecular complexity index is 430. The van der Waals surface area contributed by atoms with E-state index in [0.29, 0.717) is 13.1 Å². The van der Waals surface area contributed by atoms with Crippen LogP contribution in [0.1, 0.15) is 23.2 Å². The molecule has 0 spiro atoms. The van der Waals surface area contributed by atoms with Crippen LogP contribution in [0.5, 0.6) is 0 Å². The van der Waals surface area contributed by atoms with Gasteiger partial charge in [0.25, 0.3) is 5.91 Å². The highest BCUT2D eigenvalue weighted by Crippen LogP contribution is 2.23. The molecule has 0 aromatic heterocycles. The Morgan fingerprint density at radius 1 is 1.19 bits per heavy atom. The molecule has 1 aromatic rings. The number of hydrogen-bond donors (Lipinski definition) is 0. The number of carbonyl (C=O) groups excluding carboxylic acids is 1. The van der Waals surface area contributed by atoms with Gasteiger partial charge in [0.15, 0.2) is 11.6 Å². The SMILES string of the molecule is O=C(c1cc(F)c(F)cc1Cl)N1CCCC1. The summed E-state index contributed by atoms with van der Waals surface area (Å²) in [6.07, 6.45) is 1.88. The van der Waals surface area contributed by atoms with Crippen molar-refractivity contribution in [2.45, 2.75) is 12.8 Å². The third-order valence-corrected chi connectivity index (χ3v) is 2.95. The van der Waals surface area contributed by atoms with Crippen molar-refractivity contribution >= 4 is 17.5 Å². The highest BCUT2D eigenvalue weighted by molar-refractivity contribution is 6.33. The predicted molar refractivity (Wildman–Crippen MR) is 56.5 cm³/mol. The molecule has 2 rings (SSSR count). The van der Waals surface area contributed by atoms with Crippen LogP contribution in [0.25, 0.3) is 0 Å². The molecule has 1 saturated heterocycles. The van der Waals surface area contributed by atoms with E-state index in [1.54, 1.807) is 4.90 Å². The molecule has 0 radical (unpaired) electrons. The summed E-state index contributed by atoms with van der Waals surface area (Å²) in [5.41, 5.74) is 0.0301. The molecule has 0 bridgehead atoms. The van der Waals surface area contributed by atoms with E-state index in [9.17, 15) is 13.6 Å². The van der Waals surface area contributed by atoms with Gasteiger partial charge in [-0.05, 0) is 25.0 Å². The predicted octanol–water partition coefficient (Wildman–Crippen LogP) is 2.85. The minimum absolute atomic E-state index is 0.0301. The van der Waals surface area contributed by atoms with Crippen LogP contribution in [0.4, 0.5) is 8.78 Å². The molecule has 1 aromatic carbocycles. The average Bonchev–Trinajstić information content (AvgIpc) is 2.75. The van der Waals surface area contributed by atoms with Gasteiger partial charge >= 0.3 is 0 Å². The lowest BCUT2D eigenvalue weighted by molar-refractivity contribution is 0.0792. The summed E-state index contributed by atoms with van der Waals surface area (Å²) in [5, 5.41) is -0.0456. The Kier molecular flexibility index (Phi) is 3.10. The van der Waals surface area contributed by atoms with Crippen molar-refractivity contribution in [2.24, 2.45) is 0 Å². The summed E-state index contributed by atoms with van der Waals surface area (Å²) in [6, 6.07) is 1.69. The fourth-order valence-electron chi connectivity index (χ4n) is 1.78. The van der Waals surface area contributed by atoms with E-state index < -0.39 is 11.6 Å². The molecule has 0 atom stereocenters. The van der Waals surface area contributed by atoms with Crippen molar-refractivity contribution in [3.05, 3.63) is 34.4 Å². The van der Waals surface area contributed by atoms with Crippen molar-refractivity contribution in [2.75, 3.05) is 13.1 Å². The lowest BCUT2D eigenvalue weighted by atomic mass is 10.2. The van der Waals surface area contributed by atoms with Gasteiger partial charge in [-0.15, -0.1) is 0 Å². The molecular weight excluding hydrogens is 236 g/mol. The maximum absolute atomic E-state index is 13.0. The van der Waals surface area contributed by atoms with Crippen molar-refractivity contribution in [1.29, 1.82) is 0 Å². The van der Waals surface area contributed by atoms with Gasteiger partial charge in [0.2, 0.25) is 0 Å². The van der Waals surface area contributed by atoms with E-state index in [4.69, 9.17) is 11.6 Å². The number of halogens is 3. The fraction of sp³-hybridized carbons (Fsp3) is 0.364. The van der Waals surface area contributed by atoms with Crippen LogP contribution in [0.2, 0.25) is 5.02 Å². The summed E-state index contributed by atoms with van der Waals surface area (Å²) >= 11 is 5.72. The van der Waals surface area contributed by atoms with Crippen LogP contribution in [-0.4, -0.2) is 23.9 Å². The van der Waals surface area contributed by atoms with Gasteiger partial charge in [-0.25, -0.2) is 8.78 Å². The van der Waals surface area contributed by atoms with E-state index in [2.05, 4.69) is 0 Å². The molecular formula is C11H10ClF2NO. The minimum atomic E-state index is -1.05. The molecule has 0 saturated carbocycles. The Balaban J connectivity index is 2.32. The quantitative estimate of drug-likeness (QED) is 0.697. The molecule has 0 N–H and O–H groups in total. The second-order valence-corrected chi connectivity index (χ2v) is 4.15. The number of hydrogen-bond acceptors (Lipinski definition) is 1. The number of nitrogens with zero attached hydrogens (tertiary/aromatic N) is 1. The standard InChI is InChI=1S/C11H10ClF2NO/c12-8-6-10(14)9(13)5-7(8)11(16)15-3-1-2-4-15/h5-6H,1-4H2. The second-order valence-electron chi connectivity index (χ2n) is 3.75. The Labute approximate surface area is 96.8 Å². The molecule has 86 valence electrons. The first-order valence-corrected chi connectivity index (χ1v) is 5.41. The molecule has 2 nitrogen and oxygen atoms in total. The third kappa shape index (κ3) is 2.02. The highest BCUT2D eigenvalue weighted by Gasteiger charge is 2.22. The normalized spacial score (nSPS) is 15.6. The molecule has 16 heavy (non-hydrogen) atoms. The third-order valence-electron chi connectivity index (χ3n) is 2.63. The molecule has 1 amide bonds. The van der Waals surface area contributed by atoms with Crippen LogP contribution in [0.3, 0.4) is 0 Å². The van der Waals surface area contributed by atoms with E-state index in [-0.39, 0.29) is 16.5 Å². The zero-order valence-corrected chi connectivity index (χ0v) is 9.23. The van der Waals surface area contributed by atoms with Gasteiger partial charge in [-0.1, -0.05) is 11.6 Å². The van der Waals surface area contributed by atoms with E-state index in [0.717, 1.165) is 25.0 Å². The van der Waals surface area contributed by atoms with Crippen LogP contribution in [0.15, 0.2) is 12.1 Å². The summed E-state index contributed by atoms with van der Waals surface area (Å²) in [5.74, 6) is -2.42. The van der Waals surface area contributed by atoms with Crippen molar-refractivity contribution in [3.8, 4) is 0 Å². The summed E-state index contributed by atoms with van der Waals surface area (Å²) < 4.78 is 25.8. The molecule has 0 unspecified atom stereocenters. The van der Waals surface area contributed by atoms with Crippen molar-refractivity contribution < 1.29 is 13.6 Å². The zero-order valence-electron chi connectivity index (χ0n) is 8.47. The number of rotatable bonds is 1. The smallest absolute Gasteiger partial charge is 0.255 e. The summed E-state index contributed by atoms with van der Waals surface area (Å²) in [4.78, 5) is 13.5. The molecule has 1 aliphatic heterocycles. The maximum atomic E-state index is 13.0. The summed E-state index contributed by atoms with van der Waals surface area (Å²) in [7, 11) is 0. The average molecular weight is 246 g/mol. The van der Waals surface area contributed by atoms with Gasteiger partial charge in [-0.2, -0.15) is 0 Å². The van der Waals surface area contributed by atoms with Crippen LogP contribution >= 0.6 is 11.6 Å². The first-order chi connectivity index (χ1) is 7.59. The lowest BCUT2D eigenvalue weighted by Crippen LogP contribution is -2.28. The first-order valence-electron chi connectivity index (χ1n) is 5.03. The molecule has 1 aliphatic rings. The number of likely N-dealkylation sites (tertiary alicyclic amines) is 1. The Hall–Kier alpha value is -1.16. The molecule has 1 fully saturated rings. The Morgan fingerprint density at radius 2 is 1.75 bits per heavy atom. The van der Waals surface area contributed by atoms with Gasteiger partial charge in [-0.3, -0.25) is 4.79 Å². The van der Waals surface area contributed by atoms with Gasteiger partial charge in [0, 0.05) is 13.1 Å². The zero-order chi connectivity index (χ0) is 11.7. The van der Waals surface area contributed by atoms with E-state index in [1.165, 1.54) is 0 Å². The second kappa shape index (κ2) is 4.37. The van der Waals surface area contributed by atoms with Crippen LogP contribution in [-0.2, 0) is 0 Å². The molecule has 1 heterocycles. The fourth-order valence-corrected chi connectivity index (χ4v) is 2.01. The topological polar surface area (TPSA) is 20.3 Å². The van der Waals surface area contributed by atoms with Gasteiger partial charge < -0.3 is 4.90 Å². The van der Waals surface area contributed by atoms with Gasteiger partial charge in [0.1, 0.15) is 0 Å².